The van der Waals surface area contributed by atoms with E-state index in [1.54, 1.807) is 54.4 Å². The molecule has 232 valence electrons. The van der Waals surface area contributed by atoms with Gasteiger partial charge in [-0.05, 0) is 61.4 Å². The summed E-state index contributed by atoms with van der Waals surface area (Å²) < 4.78 is 16.6. The molecule has 0 saturated carbocycles. The van der Waals surface area contributed by atoms with Crippen molar-refractivity contribution >= 4 is 64.4 Å². The van der Waals surface area contributed by atoms with Crippen LogP contribution in [-0.2, 0) is 0 Å². The highest BCUT2D eigenvalue weighted by molar-refractivity contribution is 8.00. The third-order valence-corrected chi connectivity index (χ3v) is 6.64. The SMILES string of the molecule is CCCC.CCCN(SCC)c1ccc(C(=O)Nc2ccc(C)c(NC)c2)c(F)c1.CCCl.O=Cc1cccc(Cl)c1. The van der Waals surface area contributed by atoms with Crippen molar-refractivity contribution in [2.75, 3.05) is 40.2 Å². The van der Waals surface area contributed by atoms with E-state index in [2.05, 4.69) is 42.6 Å². The summed E-state index contributed by atoms with van der Waals surface area (Å²) in [4.78, 5) is 22.6. The van der Waals surface area contributed by atoms with Crippen LogP contribution >= 0.6 is 35.1 Å². The first-order chi connectivity index (χ1) is 20.1. The van der Waals surface area contributed by atoms with E-state index in [0.29, 0.717) is 16.3 Å². The van der Waals surface area contributed by atoms with Crippen molar-refractivity contribution in [2.45, 2.75) is 60.8 Å². The van der Waals surface area contributed by atoms with Gasteiger partial charge >= 0.3 is 0 Å². The van der Waals surface area contributed by atoms with Crippen molar-refractivity contribution < 1.29 is 14.0 Å². The molecule has 9 heteroatoms. The molecule has 0 aliphatic heterocycles. The molecule has 0 aliphatic rings. The summed E-state index contributed by atoms with van der Waals surface area (Å²) in [5, 5.41) is 6.43. The summed E-state index contributed by atoms with van der Waals surface area (Å²) >= 11 is 12.2. The fourth-order valence-corrected chi connectivity index (χ4v) is 4.30. The van der Waals surface area contributed by atoms with Crippen molar-refractivity contribution in [2.24, 2.45) is 0 Å². The molecule has 42 heavy (non-hydrogen) atoms. The molecule has 0 aliphatic carbocycles. The fourth-order valence-electron chi connectivity index (χ4n) is 3.22. The lowest BCUT2D eigenvalue weighted by Gasteiger charge is -2.22. The fraction of sp³-hybridized carbons (Fsp3) is 0.394. The topological polar surface area (TPSA) is 61.4 Å². The summed E-state index contributed by atoms with van der Waals surface area (Å²) in [6.45, 7) is 13.2. The molecule has 3 rings (SSSR count). The van der Waals surface area contributed by atoms with Crippen molar-refractivity contribution in [3.63, 3.8) is 0 Å². The van der Waals surface area contributed by atoms with Gasteiger partial charge in [-0.25, -0.2) is 4.39 Å². The average Bonchev–Trinajstić information content (AvgIpc) is 2.98. The zero-order chi connectivity index (χ0) is 31.9. The van der Waals surface area contributed by atoms with Crippen LogP contribution in [0.5, 0.6) is 0 Å². The number of carbonyl (C=O) groups excluding carboxylic acids is 2. The molecule has 0 atom stereocenters. The molecule has 0 radical (unpaired) electrons. The van der Waals surface area contributed by atoms with Crippen LogP contribution < -0.4 is 14.9 Å². The minimum absolute atomic E-state index is 0.0401. The summed E-state index contributed by atoms with van der Waals surface area (Å²) in [7, 11) is 1.82. The zero-order valence-corrected chi connectivity index (χ0v) is 28.2. The monoisotopic (exact) mass is 637 g/mol. The molecular formula is C33H46Cl2FN3O2S. The highest BCUT2D eigenvalue weighted by Gasteiger charge is 2.15. The Labute approximate surface area is 266 Å². The quantitative estimate of drug-likeness (QED) is 0.131. The molecule has 0 aromatic heterocycles. The van der Waals surface area contributed by atoms with Gasteiger partial charge in [0.05, 0.1) is 5.56 Å². The second-order valence-corrected chi connectivity index (χ2v) is 11.1. The smallest absolute Gasteiger partial charge is 0.258 e. The van der Waals surface area contributed by atoms with Gasteiger partial charge in [-0.1, -0.05) is 89.2 Å². The van der Waals surface area contributed by atoms with Crippen molar-refractivity contribution in [1.82, 2.24) is 0 Å². The third-order valence-electron chi connectivity index (χ3n) is 5.45. The van der Waals surface area contributed by atoms with Gasteiger partial charge in [-0.15, -0.1) is 11.6 Å². The van der Waals surface area contributed by atoms with Gasteiger partial charge in [0.1, 0.15) is 12.1 Å². The van der Waals surface area contributed by atoms with E-state index < -0.39 is 11.7 Å². The summed E-state index contributed by atoms with van der Waals surface area (Å²) in [5.74, 6) is 0.661. The Morgan fingerprint density at radius 3 is 2.12 bits per heavy atom. The maximum atomic E-state index is 14.5. The molecule has 0 saturated heterocycles. The molecule has 0 unspecified atom stereocenters. The maximum Gasteiger partial charge on any atom is 0.258 e. The standard InChI is InChI=1S/C20H26FN3OS.C7H5ClO.C4H10.C2H5Cl/c1-5-11-24(26-6-2)16-9-10-17(18(21)13-16)20(25)23-15-8-7-14(3)19(12-15)22-4;8-7-3-1-2-6(4-7)5-9;1-3-4-2;1-2-3/h7-10,12-13,22H,5-6,11H2,1-4H3,(H,23,25);1-5H;3-4H2,1-2H3;2H2,1H3. The first kappa shape index (κ1) is 39.3. The molecule has 0 fully saturated rings. The molecule has 3 aromatic carbocycles. The second-order valence-electron chi connectivity index (χ2n) is 8.86. The molecule has 3 aromatic rings. The highest BCUT2D eigenvalue weighted by Crippen LogP contribution is 2.26. The number of anilines is 3. The Morgan fingerprint density at radius 2 is 1.64 bits per heavy atom. The van der Waals surface area contributed by atoms with Gasteiger partial charge in [-0.3, -0.25) is 9.59 Å². The van der Waals surface area contributed by atoms with Crippen molar-refractivity contribution in [3.8, 4) is 0 Å². The Hall–Kier alpha value is -2.74. The number of amides is 1. The molecular weight excluding hydrogens is 592 g/mol. The van der Waals surface area contributed by atoms with Gasteiger partial charge < -0.3 is 14.9 Å². The molecule has 0 spiro atoms. The van der Waals surface area contributed by atoms with Gasteiger partial charge in [0.15, 0.2) is 0 Å². The largest absolute Gasteiger partial charge is 0.388 e. The Balaban J connectivity index is 0.000000857. The van der Waals surface area contributed by atoms with E-state index >= 15 is 0 Å². The van der Waals surface area contributed by atoms with Crippen LogP contribution in [0.1, 0.15) is 80.2 Å². The van der Waals surface area contributed by atoms with Gasteiger partial charge in [0.25, 0.3) is 5.91 Å². The number of alkyl halides is 1. The molecule has 0 heterocycles. The lowest BCUT2D eigenvalue weighted by molar-refractivity contribution is 0.102. The minimum Gasteiger partial charge on any atom is -0.388 e. The number of nitrogens with zero attached hydrogens (tertiary/aromatic N) is 1. The normalized spacial score (nSPS) is 9.57. The van der Waals surface area contributed by atoms with Crippen LogP contribution in [0.2, 0.25) is 5.02 Å². The van der Waals surface area contributed by atoms with Crippen molar-refractivity contribution in [1.29, 1.82) is 0 Å². The first-order valence-electron chi connectivity index (χ1n) is 14.2. The Kier molecular flexibility index (Phi) is 22.2. The lowest BCUT2D eigenvalue weighted by atomic mass is 10.1. The van der Waals surface area contributed by atoms with E-state index in [0.717, 1.165) is 47.8 Å². The van der Waals surface area contributed by atoms with Gasteiger partial charge in [0.2, 0.25) is 0 Å². The number of aldehydes is 1. The summed E-state index contributed by atoms with van der Waals surface area (Å²) in [6.07, 6.45) is 4.38. The third kappa shape index (κ3) is 15.5. The second kappa shape index (κ2) is 23.8. The van der Waals surface area contributed by atoms with Crippen LogP contribution in [0.3, 0.4) is 0 Å². The Bertz CT molecular complexity index is 1190. The highest BCUT2D eigenvalue weighted by atomic mass is 35.5. The van der Waals surface area contributed by atoms with Crippen LogP contribution in [0.25, 0.3) is 0 Å². The van der Waals surface area contributed by atoms with Crippen LogP contribution in [0.4, 0.5) is 21.5 Å². The number of benzene rings is 3. The number of hydrogen-bond donors (Lipinski definition) is 2. The van der Waals surface area contributed by atoms with E-state index in [9.17, 15) is 14.0 Å². The van der Waals surface area contributed by atoms with E-state index in [1.807, 2.05) is 33.0 Å². The van der Waals surface area contributed by atoms with E-state index in [-0.39, 0.29) is 5.56 Å². The predicted molar refractivity (Wildman–Crippen MR) is 185 cm³/mol. The Morgan fingerprint density at radius 1 is 0.976 bits per heavy atom. The summed E-state index contributed by atoms with van der Waals surface area (Å²) in [6, 6.07) is 17.1. The predicted octanol–water partition coefficient (Wildman–Crippen LogP) is 10.5. The number of unbranched alkanes of at least 4 members (excludes halogenated alkanes) is 1. The molecule has 5 nitrogen and oxygen atoms in total. The number of hydrogen-bond acceptors (Lipinski definition) is 5. The average molecular weight is 639 g/mol. The zero-order valence-electron chi connectivity index (χ0n) is 25.9. The molecule has 0 bridgehead atoms. The van der Waals surface area contributed by atoms with Gasteiger partial charge in [-0.2, -0.15) is 0 Å². The van der Waals surface area contributed by atoms with Crippen LogP contribution in [0, 0.1) is 12.7 Å². The lowest BCUT2D eigenvalue weighted by Crippen LogP contribution is -2.18. The molecule has 1 amide bonds. The van der Waals surface area contributed by atoms with Crippen LogP contribution in [0.15, 0.2) is 60.7 Å². The van der Waals surface area contributed by atoms with Gasteiger partial charge in [0, 0.05) is 52.9 Å². The summed E-state index contributed by atoms with van der Waals surface area (Å²) in [5.41, 5.74) is 4.06. The number of carbonyl (C=O) groups is 2. The van der Waals surface area contributed by atoms with Crippen molar-refractivity contribution in [3.05, 3.63) is 88.2 Å². The molecule has 2 N–H and O–H groups in total. The number of rotatable bonds is 10. The first-order valence-corrected chi connectivity index (χ1v) is 16.1. The number of aryl methyl sites for hydroxylation is 1. The minimum atomic E-state index is -0.515. The number of halogens is 3. The van der Waals surface area contributed by atoms with E-state index in [4.69, 9.17) is 23.2 Å². The van der Waals surface area contributed by atoms with Crippen LogP contribution in [-0.4, -0.2) is 37.4 Å². The van der Waals surface area contributed by atoms with E-state index in [1.165, 1.54) is 18.9 Å². The number of nitrogens with one attached hydrogen (secondary N) is 2. The maximum absolute atomic E-state index is 14.5.